The Bertz CT molecular complexity index is 491. The molecule has 1 unspecified atom stereocenters. The number of methoxy groups -OCH3 is 1. The number of rotatable bonds is 4. The van der Waals surface area contributed by atoms with Gasteiger partial charge in [-0.05, 0) is 40.9 Å². The molecule has 21 heavy (non-hydrogen) atoms. The Hall–Kier alpha value is -0.560. The third-order valence-electron chi connectivity index (χ3n) is 4.42. The molecular formula is C15H21BrF2N2O. The Kier molecular flexibility index (Phi) is 5.71. The highest BCUT2D eigenvalue weighted by atomic mass is 79.9. The summed E-state index contributed by atoms with van der Waals surface area (Å²) in [7, 11) is 1.59. The summed E-state index contributed by atoms with van der Waals surface area (Å²) in [6.07, 6.45) is 5.58. The van der Waals surface area contributed by atoms with Crippen molar-refractivity contribution in [3.8, 4) is 0 Å². The van der Waals surface area contributed by atoms with Crippen molar-refractivity contribution < 1.29 is 13.5 Å². The molecule has 1 aromatic carbocycles. The fraction of sp³-hybridized carbons (Fsp3) is 0.600. The molecule has 6 heteroatoms. The number of benzene rings is 1. The van der Waals surface area contributed by atoms with Gasteiger partial charge in [0.2, 0.25) is 0 Å². The highest BCUT2D eigenvalue weighted by Crippen LogP contribution is 2.42. The zero-order valence-corrected chi connectivity index (χ0v) is 13.7. The Morgan fingerprint density at radius 2 is 1.86 bits per heavy atom. The molecule has 0 saturated heterocycles. The maximum Gasteiger partial charge on any atom is 0.145 e. The average molecular weight is 363 g/mol. The first-order valence-electron chi connectivity index (χ1n) is 7.20. The normalized spacial score (nSPS) is 20.0. The van der Waals surface area contributed by atoms with Gasteiger partial charge in [0, 0.05) is 12.7 Å². The lowest BCUT2D eigenvalue weighted by Gasteiger charge is -2.39. The number of hydrazine groups is 1. The highest BCUT2D eigenvalue weighted by molar-refractivity contribution is 9.10. The van der Waals surface area contributed by atoms with E-state index in [0.717, 1.165) is 38.5 Å². The van der Waals surface area contributed by atoms with Crippen molar-refractivity contribution in [3.05, 3.63) is 33.8 Å². The molecule has 3 nitrogen and oxygen atoms in total. The zero-order valence-electron chi connectivity index (χ0n) is 12.1. The lowest BCUT2D eigenvalue weighted by Crippen LogP contribution is -2.48. The van der Waals surface area contributed by atoms with Crippen LogP contribution in [0.5, 0.6) is 0 Å². The van der Waals surface area contributed by atoms with Gasteiger partial charge < -0.3 is 4.74 Å². The average Bonchev–Trinajstić information content (AvgIpc) is 2.74. The third kappa shape index (κ3) is 3.28. The van der Waals surface area contributed by atoms with Gasteiger partial charge in [0.25, 0.3) is 0 Å². The van der Waals surface area contributed by atoms with Crippen LogP contribution < -0.4 is 11.3 Å². The van der Waals surface area contributed by atoms with Gasteiger partial charge in [-0.15, -0.1) is 0 Å². The molecule has 1 atom stereocenters. The van der Waals surface area contributed by atoms with Crippen molar-refractivity contribution in [3.63, 3.8) is 0 Å². The molecule has 1 fully saturated rings. The summed E-state index contributed by atoms with van der Waals surface area (Å²) in [6, 6.07) is 1.87. The van der Waals surface area contributed by atoms with E-state index >= 15 is 0 Å². The lowest BCUT2D eigenvalue weighted by molar-refractivity contribution is -0.0558. The minimum Gasteiger partial charge on any atom is -0.376 e. The summed E-state index contributed by atoms with van der Waals surface area (Å²) in [5, 5.41) is 0. The molecular weight excluding hydrogens is 342 g/mol. The summed E-state index contributed by atoms with van der Waals surface area (Å²) in [5.74, 6) is 4.42. The minimum absolute atomic E-state index is 0.0596. The van der Waals surface area contributed by atoms with E-state index in [-0.39, 0.29) is 10.0 Å². The fourth-order valence-corrected chi connectivity index (χ4v) is 3.59. The van der Waals surface area contributed by atoms with Gasteiger partial charge in [-0.2, -0.15) is 0 Å². The summed E-state index contributed by atoms with van der Waals surface area (Å²) >= 11 is 3.11. The highest BCUT2D eigenvalue weighted by Gasteiger charge is 2.42. The van der Waals surface area contributed by atoms with E-state index in [1.165, 1.54) is 12.1 Å². The minimum atomic E-state index is -0.724. The summed E-state index contributed by atoms with van der Waals surface area (Å²) < 4.78 is 34.6. The number of nitrogens with one attached hydrogen (secondary N) is 1. The predicted molar refractivity (Wildman–Crippen MR) is 81.6 cm³/mol. The van der Waals surface area contributed by atoms with E-state index in [9.17, 15) is 8.78 Å². The van der Waals surface area contributed by atoms with E-state index in [0.29, 0.717) is 0 Å². The first kappa shape index (κ1) is 16.8. The molecule has 0 aromatic heterocycles. The molecule has 0 aliphatic heterocycles. The van der Waals surface area contributed by atoms with Crippen LogP contribution in [0, 0.1) is 11.6 Å². The Labute approximate surface area is 132 Å². The number of hydrogen-bond donors (Lipinski definition) is 2. The second-order valence-corrected chi connectivity index (χ2v) is 6.39. The van der Waals surface area contributed by atoms with Crippen LogP contribution in [0.2, 0.25) is 0 Å². The van der Waals surface area contributed by atoms with E-state index in [2.05, 4.69) is 21.4 Å². The Balaban J connectivity index is 2.49. The molecule has 0 radical (unpaired) electrons. The SMILES string of the molecule is COC1(C(NN)c2c(F)ccc(Br)c2F)CCCCCC1. The first-order valence-corrected chi connectivity index (χ1v) is 7.99. The molecule has 118 valence electrons. The fourth-order valence-electron chi connectivity index (χ4n) is 3.24. The molecule has 1 aromatic rings. The van der Waals surface area contributed by atoms with Crippen LogP contribution in [0.3, 0.4) is 0 Å². The van der Waals surface area contributed by atoms with Gasteiger partial charge in [-0.3, -0.25) is 5.84 Å². The number of halogens is 3. The molecule has 3 N–H and O–H groups in total. The second-order valence-electron chi connectivity index (χ2n) is 5.54. The summed E-state index contributed by atoms with van der Waals surface area (Å²) in [4.78, 5) is 0. The molecule has 2 rings (SSSR count). The number of nitrogens with two attached hydrogens (primary N) is 1. The maximum absolute atomic E-state index is 14.4. The van der Waals surface area contributed by atoms with Crippen LogP contribution in [-0.4, -0.2) is 12.7 Å². The van der Waals surface area contributed by atoms with Crippen molar-refractivity contribution in [2.75, 3.05) is 7.11 Å². The van der Waals surface area contributed by atoms with Crippen molar-refractivity contribution >= 4 is 15.9 Å². The number of ether oxygens (including phenoxy) is 1. The summed E-state index contributed by atoms with van der Waals surface area (Å²) in [6.45, 7) is 0. The molecule has 1 aliphatic rings. The molecule has 1 aliphatic carbocycles. The van der Waals surface area contributed by atoms with Crippen molar-refractivity contribution in [2.24, 2.45) is 5.84 Å². The predicted octanol–water partition coefficient (Wildman–Crippen LogP) is 3.97. The zero-order chi connectivity index (χ0) is 15.5. The topological polar surface area (TPSA) is 47.3 Å². The van der Waals surface area contributed by atoms with Crippen molar-refractivity contribution in [1.29, 1.82) is 0 Å². The van der Waals surface area contributed by atoms with Crippen LogP contribution in [0.15, 0.2) is 16.6 Å². The Morgan fingerprint density at radius 1 is 1.24 bits per heavy atom. The van der Waals surface area contributed by atoms with E-state index in [1.807, 2.05) is 0 Å². The van der Waals surface area contributed by atoms with E-state index in [1.54, 1.807) is 7.11 Å². The second kappa shape index (κ2) is 7.13. The van der Waals surface area contributed by atoms with E-state index in [4.69, 9.17) is 10.6 Å². The van der Waals surface area contributed by atoms with Gasteiger partial charge >= 0.3 is 0 Å². The van der Waals surface area contributed by atoms with Crippen molar-refractivity contribution in [2.45, 2.75) is 50.2 Å². The van der Waals surface area contributed by atoms with Crippen molar-refractivity contribution in [1.82, 2.24) is 5.43 Å². The third-order valence-corrected chi connectivity index (χ3v) is 5.03. The van der Waals surface area contributed by atoms with E-state index < -0.39 is 23.3 Å². The van der Waals surface area contributed by atoms with Crippen LogP contribution in [0.1, 0.15) is 50.1 Å². The maximum atomic E-state index is 14.4. The monoisotopic (exact) mass is 362 g/mol. The summed E-state index contributed by atoms with van der Waals surface area (Å²) in [5.41, 5.74) is 1.84. The standard InChI is InChI=1S/C15H21BrF2N2O/c1-21-15(8-4-2-3-5-9-15)14(20-19)12-11(17)7-6-10(16)13(12)18/h6-7,14,20H,2-5,8-9,19H2,1H3. The first-order chi connectivity index (χ1) is 10.1. The van der Waals surface area contributed by atoms with Gasteiger partial charge in [-0.25, -0.2) is 14.2 Å². The van der Waals surface area contributed by atoms with Gasteiger partial charge in [0.1, 0.15) is 11.6 Å². The van der Waals surface area contributed by atoms with Crippen LogP contribution in [0.4, 0.5) is 8.78 Å². The Morgan fingerprint density at radius 3 is 2.38 bits per heavy atom. The van der Waals surface area contributed by atoms with Crippen LogP contribution >= 0.6 is 15.9 Å². The van der Waals surface area contributed by atoms with Crippen LogP contribution in [0.25, 0.3) is 0 Å². The molecule has 0 spiro atoms. The van der Waals surface area contributed by atoms with Gasteiger partial charge in [0.15, 0.2) is 0 Å². The number of hydrogen-bond acceptors (Lipinski definition) is 3. The molecule has 0 amide bonds. The quantitative estimate of drug-likeness (QED) is 0.368. The van der Waals surface area contributed by atoms with Crippen LogP contribution in [-0.2, 0) is 4.74 Å². The molecule has 1 saturated carbocycles. The lowest BCUT2D eigenvalue weighted by atomic mass is 9.82. The molecule has 0 heterocycles. The molecule has 0 bridgehead atoms. The van der Waals surface area contributed by atoms with Gasteiger partial charge in [0.05, 0.1) is 16.1 Å². The largest absolute Gasteiger partial charge is 0.376 e. The smallest absolute Gasteiger partial charge is 0.145 e. The van der Waals surface area contributed by atoms with Gasteiger partial charge in [-0.1, -0.05) is 25.7 Å².